The van der Waals surface area contributed by atoms with Gasteiger partial charge < -0.3 is 9.84 Å². The first kappa shape index (κ1) is 9.77. The molecule has 0 aromatic heterocycles. The van der Waals surface area contributed by atoms with Gasteiger partial charge in [0.15, 0.2) is 6.23 Å². The fraction of sp³-hybridized carbons (Fsp3) is 0.900. The molecular formula is C10H17NO3. The van der Waals surface area contributed by atoms with Gasteiger partial charge in [-0.1, -0.05) is 19.3 Å². The quantitative estimate of drug-likeness (QED) is 0.634. The van der Waals surface area contributed by atoms with E-state index in [0.29, 0.717) is 0 Å². The van der Waals surface area contributed by atoms with E-state index >= 15 is 0 Å². The van der Waals surface area contributed by atoms with Crippen molar-refractivity contribution in [1.82, 2.24) is 5.32 Å². The first-order valence-corrected chi connectivity index (χ1v) is 5.36. The van der Waals surface area contributed by atoms with Gasteiger partial charge in [0, 0.05) is 5.41 Å². The Hall–Kier alpha value is -0.770. The SMILES string of the molecule is O=C(O)OC1NCCC12CCCCC2. The van der Waals surface area contributed by atoms with Crippen molar-refractivity contribution < 1.29 is 14.6 Å². The highest BCUT2D eigenvalue weighted by molar-refractivity contribution is 5.57. The Morgan fingerprint density at radius 3 is 2.64 bits per heavy atom. The second-order valence-corrected chi connectivity index (χ2v) is 4.39. The molecule has 0 radical (unpaired) electrons. The molecule has 1 heterocycles. The summed E-state index contributed by atoms with van der Waals surface area (Å²) in [6.45, 7) is 0.887. The van der Waals surface area contributed by atoms with E-state index in [-0.39, 0.29) is 11.6 Å². The van der Waals surface area contributed by atoms with Gasteiger partial charge in [0.1, 0.15) is 0 Å². The molecule has 2 rings (SSSR count). The van der Waals surface area contributed by atoms with Crippen LogP contribution >= 0.6 is 0 Å². The van der Waals surface area contributed by atoms with Gasteiger partial charge in [-0.15, -0.1) is 0 Å². The van der Waals surface area contributed by atoms with Crippen molar-refractivity contribution in [3.8, 4) is 0 Å². The number of nitrogens with one attached hydrogen (secondary N) is 1. The predicted octanol–water partition coefficient (Wildman–Crippen LogP) is 1.95. The lowest BCUT2D eigenvalue weighted by molar-refractivity contribution is -0.0287. The number of hydrogen-bond donors (Lipinski definition) is 2. The first-order chi connectivity index (χ1) is 6.73. The second kappa shape index (κ2) is 3.77. The van der Waals surface area contributed by atoms with Gasteiger partial charge in [-0.3, -0.25) is 5.32 Å². The largest absolute Gasteiger partial charge is 0.507 e. The molecular weight excluding hydrogens is 182 g/mol. The Morgan fingerprint density at radius 2 is 2.00 bits per heavy atom. The van der Waals surface area contributed by atoms with Crippen LogP contribution in [0.15, 0.2) is 0 Å². The Labute approximate surface area is 83.6 Å². The summed E-state index contributed by atoms with van der Waals surface area (Å²) in [5.74, 6) is 0. The summed E-state index contributed by atoms with van der Waals surface area (Å²) in [5.41, 5.74) is 0.108. The fourth-order valence-corrected chi connectivity index (χ4v) is 2.84. The maximum Gasteiger partial charge on any atom is 0.507 e. The van der Waals surface area contributed by atoms with E-state index in [4.69, 9.17) is 9.84 Å². The van der Waals surface area contributed by atoms with Crippen LogP contribution in [0.5, 0.6) is 0 Å². The molecule has 1 aliphatic heterocycles. The molecule has 1 spiro atoms. The minimum atomic E-state index is -1.16. The standard InChI is InChI=1S/C10H17NO3/c12-9(13)14-8-10(6-7-11-8)4-2-1-3-5-10/h8,11H,1-7H2,(H,12,13). The Bertz CT molecular complexity index is 223. The van der Waals surface area contributed by atoms with E-state index in [1.54, 1.807) is 0 Å². The highest BCUT2D eigenvalue weighted by atomic mass is 16.7. The molecule has 2 N–H and O–H groups in total. The van der Waals surface area contributed by atoms with Gasteiger partial charge >= 0.3 is 6.16 Å². The van der Waals surface area contributed by atoms with Crippen LogP contribution < -0.4 is 5.32 Å². The lowest BCUT2D eigenvalue weighted by Crippen LogP contribution is -2.41. The van der Waals surface area contributed by atoms with Gasteiger partial charge in [-0.2, -0.15) is 0 Å². The molecule has 0 aromatic carbocycles. The summed E-state index contributed by atoms with van der Waals surface area (Å²) in [6.07, 6.45) is 5.56. The zero-order valence-electron chi connectivity index (χ0n) is 8.29. The average Bonchev–Trinajstić information content (AvgIpc) is 2.50. The van der Waals surface area contributed by atoms with E-state index < -0.39 is 6.16 Å². The smallest absolute Gasteiger partial charge is 0.450 e. The summed E-state index contributed by atoms with van der Waals surface area (Å²) in [5, 5.41) is 11.8. The highest BCUT2D eigenvalue weighted by Crippen LogP contribution is 2.45. The van der Waals surface area contributed by atoms with Crippen LogP contribution in [0.25, 0.3) is 0 Å². The lowest BCUT2D eigenvalue weighted by Gasteiger charge is -2.36. The third-order valence-electron chi connectivity index (χ3n) is 3.58. The molecule has 1 atom stereocenters. The van der Waals surface area contributed by atoms with Gasteiger partial charge in [-0.25, -0.2) is 4.79 Å². The topological polar surface area (TPSA) is 58.6 Å². The predicted molar refractivity (Wildman–Crippen MR) is 51.0 cm³/mol. The van der Waals surface area contributed by atoms with Gasteiger partial charge in [0.05, 0.1) is 0 Å². The molecule has 4 heteroatoms. The molecule has 2 aliphatic rings. The van der Waals surface area contributed by atoms with E-state index in [1.807, 2.05) is 0 Å². The summed E-state index contributed by atoms with van der Waals surface area (Å²) in [6, 6.07) is 0. The third-order valence-corrected chi connectivity index (χ3v) is 3.58. The highest BCUT2D eigenvalue weighted by Gasteiger charge is 2.45. The van der Waals surface area contributed by atoms with Crippen molar-refractivity contribution in [3.05, 3.63) is 0 Å². The number of ether oxygens (including phenoxy) is 1. The van der Waals surface area contributed by atoms with E-state index in [2.05, 4.69) is 5.32 Å². The van der Waals surface area contributed by atoms with Crippen LogP contribution in [0.3, 0.4) is 0 Å². The average molecular weight is 199 g/mol. The van der Waals surface area contributed by atoms with Gasteiger partial charge in [0.2, 0.25) is 0 Å². The molecule has 14 heavy (non-hydrogen) atoms. The van der Waals surface area contributed by atoms with Crippen LogP contribution in [0, 0.1) is 5.41 Å². The summed E-state index contributed by atoms with van der Waals surface area (Å²) >= 11 is 0. The molecule has 1 saturated heterocycles. The van der Waals surface area contributed by atoms with Crippen molar-refractivity contribution in [3.63, 3.8) is 0 Å². The molecule has 0 aromatic rings. The lowest BCUT2D eigenvalue weighted by atomic mass is 9.72. The molecule has 4 nitrogen and oxygen atoms in total. The third kappa shape index (κ3) is 1.71. The Kier molecular flexibility index (Phi) is 2.63. The van der Waals surface area contributed by atoms with Gasteiger partial charge in [-0.05, 0) is 25.8 Å². The minimum Gasteiger partial charge on any atom is -0.450 e. The maximum atomic E-state index is 10.5. The summed E-state index contributed by atoms with van der Waals surface area (Å²) in [7, 11) is 0. The summed E-state index contributed by atoms with van der Waals surface area (Å²) < 4.78 is 4.91. The van der Waals surface area contributed by atoms with Gasteiger partial charge in [0.25, 0.3) is 0 Å². The molecule has 1 unspecified atom stereocenters. The molecule has 80 valence electrons. The first-order valence-electron chi connectivity index (χ1n) is 5.36. The molecule has 1 saturated carbocycles. The van der Waals surface area contributed by atoms with Crippen molar-refractivity contribution in [1.29, 1.82) is 0 Å². The number of carboxylic acid groups (broad SMARTS) is 1. The van der Waals surface area contributed by atoms with Crippen molar-refractivity contribution in [2.45, 2.75) is 44.8 Å². The maximum absolute atomic E-state index is 10.5. The van der Waals surface area contributed by atoms with Crippen LogP contribution in [-0.2, 0) is 4.74 Å². The van der Waals surface area contributed by atoms with Crippen molar-refractivity contribution in [2.75, 3.05) is 6.54 Å². The monoisotopic (exact) mass is 199 g/mol. The summed E-state index contributed by atoms with van der Waals surface area (Å²) in [4.78, 5) is 10.5. The normalized spacial score (nSPS) is 30.4. The van der Waals surface area contributed by atoms with E-state index in [0.717, 1.165) is 25.8 Å². The second-order valence-electron chi connectivity index (χ2n) is 4.39. The molecule has 0 amide bonds. The van der Waals surface area contributed by atoms with E-state index in [1.165, 1.54) is 19.3 Å². The fourth-order valence-electron chi connectivity index (χ4n) is 2.84. The molecule has 1 aliphatic carbocycles. The number of carbonyl (C=O) groups is 1. The zero-order valence-corrected chi connectivity index (χ0v) is 8.29. The zero-order chi connectivity index (χ0) is 10.0. The molecule has 0 bridgehead atoms. The minimum absolute atomic E-state index is 0.108. The van der Waals surface area contributed by atoms with Crippen molar-refractivity contribution in [2.24, 2.45) is 5.41 Å². The van der Waals surface area contributed by atoms with Crippen LogP contribution in [0.4, 0.5) is 4.79 Å². The number of hydrogen-bond acceptors (Lipinski definition) is 3. The van der Waals surface area contributed by atoms with Crippen LogP contribution in [0.1, 0.15) is 38.5 Å². The Morgan fingerprint density at radius 1 is 1.29 bits per heavy atom. The van der Waals surface area contributed by atoms with Crippen LogP contribution in [-0.4, -0.2) is 24.0 Å². The molecule has 2 fully saturated rings. The van der Waals surface area contributed by atoms with E-state index in [9.17, 15) is 4.79 Å². The van der Waals surface area contributed by atoms with Crippen LogP contribution in [0.2, 0.25) is 0 Å². The number of rotatable bonds is 1. The van der Waals surface area contributed by atoms with Crippen molar-refractivity contribution >= 4 is 6.16 Å². The Balaban J connectivity index is 2.03.